The van der Waals surface area contributed by atoms with Crippen molar-refractivity contribution in [3.05, 3.63) is 34.3 Å². The van der Waals surface area contributed by atoms with E-state index in [9.17, 15) is 18.0 Å². The first-order valence-corrected chi connectivity index (χ1v) is 8.58. The van der Waals surface area contributed by atoms with Gasteiger partial charge in [0.15, 0.2) is 0 Å². The first-order chi connectivity index (χ1) is 11.0. The molecule has 0 fully saturated rings. The largest absolute Gasteiger partial charge is 0.462 e. The van der Waals surface area contributed by atoms with Gasteiger partial charge in [-0.2, -0.15) is 13.2 Å². The molecule has 2 atom stereocenters. The predicted molar refractivity (Wildman–Crippen MR) is 90.5 cm³/mol. The summed E-state index contributed by atoms with van der Waals surface area (Å²) < 4.78 is 46.3. The molecule has 0 heterocycles. The van der Waals surface area contributed by atoms with E-state index in [2.05, 4.69) is 21.2 Å². The summed E-state index contributed by atoms with van der Waals surface area (Å²) in [6.07, 6.45) is -4.65. The molecule has 0 aromatic heterocycles. The molecule has 1 N–H and O–H groups in total. The van der Waals surface area contributed by atoms with Crippen LogP contribution in [0.3, 0.4) is 0 Å². The van der Waals surface area contributed by atoms with Gasteiger partial charge in [0.2, 0.25) is 0 Å². The molecule has 3 nitrogen and oxygen atoms in total. The fourth-order valence-electron chi connectivity index (χ4n) is 2.25. The number of alkyl halides is 3. The number of carbonyl (C=O) groups excluding carboxylic acids is 1. The number of benzene rings is 1. The van der Waals surface area contributed by atoms with Crippen LogP contribution in [0.5, 0.6) is 0 Å². The molecule has 0 spiro atoms. The fraction of sp³-hybridized carbons (Fsp3) is 0.588. The van der Waals surface area contributed by atoms with Crippen molar-refractivity contribution in [2.24, 2.45) is 5.92 Å². The third-order valence-corrected chi connectivity index (χ3v) is 3.77. The Balaban J connectivity index is 3.07. The lowest BCUT2D eigenvalue weighted by Gasteiger charge is -2.28. The van der Waals surface area contributed by atoms with Gasteiger partial charge in [0.25, 0.3) is 0 Å². The Morgan fingerprint density at radius 1 is 1.17 bits per heavy atom. The Hall–Kier alpha value is -1.08. The number of ether oxygens (including phenoxy) is 1. The average Bonchev–Trinajstić information content (AvgIpc) is 2.42. The molecule has 136 valence electrons. The van der Waals surface area contributed by atoms with Crippen molar-refractivity contribution in [3.63, 3.8) is 0 Å². The molecule has 7 heteroatoms. The monoisotopic (exact) mass is 409 g/mol. The van der Waals surface area contributed by atoms with Crippen LogP contribution in [0, 0.1) is 5.92 Å². The molecule has 0 bridgehead atoms. The van der Waals surface area contributed by atoms with E-state index >= 15 is 0 Å². The van der Waals surface area contributed by atoms with Crippen molar-refractivity contribution < 1.29 is 22.7 Å². The highest BCUT2D eigenvalue weighted by molar-refractivity contribution is 9.10. The summed E-state index contributed by atoms with van der Waals surface area (Å²) in [7, 11) is 0. The van der Waals surface area contributed by atoms with Crippen molar-refractivity contribution >= 4 is 21.9 Å². The van der Waals surface area contributed by atoms with Crippen LogP contribution in [-0.4, -0.2) is 24.3 Å². The minimum Gasteiger partial charge on any atom is -0.462 e. The van der Waals surface area contributed by atoms with E-state index in [1.807, 2.05) is 13.8 Å². The number of rotatable bonds is 7. The third-order valence-electron chi connectivity index (χ3n) is 3.24. The predicted octanol–water partition coefficient (Wildman–Crippen LogP) is 5.01. The molecule has 0 saturated heterocycles. The van der Waals surface area contributed by atoms with Crippen LogP contribution >= 0.6 is 15.9 Å². The zero-order chi connectivity index (χ0) is 18.5. The van der Waals surface area contributed by atoms with Crippen molar-refractivity contribution in [2.75, 3.05) is 0 Å². The second-order valence-electron chi connectivity index (χ2n) is 6.36. The summed E-state index contributed by atoms with van der Waals surface area (Å²) in [5.74, 6) is -0.619. The highest BCUT2D eigenvalue weighted by Gasteiger charge is 2.43. The molecule has 0 aliphatic heterocycles. The molecular weight excluding hydrogens is 387 g/mol. The van der Waals surface area contributed by atoms with Gasteiger partial charge in [0.05, 0.1) is 6.10 Å². The molecule has 1 rings (SSSR count). The fourth-order valence-corrected chi connectivity index (χ4v) is 2.52. The number of hydrogen-bond acceptors (Lipinski definition) is 3. The van der Waals surface area contributed by atoms with E-state index in [0.717, 1.165) is 0 Å². The topological polar surface area (TPSA) is 38.3 Å². The molecule has 0 saturated carbocycles. The Bertz CT molecular complexity index is 530. The smallest absolute Gasteiger partial charge is 0.407 e. The van der Waals surface area contributed by atoms with E-state index < -0.39 is 24.2 Å². The van der Waals surface area contributed by atoms with Crippen LogP contribution < -0.4 is 5.32 Å². The minimum absolute atomic E-state index is 0.0426. The highest BCUT2D eigenvalue weighted by Crippen LogP contribution is 2.34. The lowest BCUT2D eigenvalue weighted by molar-refractivity contribution is -0.166. The number of carbonyl (C=O) groups is 1. The van der Waals surface area contributed by atoms with Gasteiger partial charge in [0, 0.05) is 4.47 Å². The SMILES string of the molecule is CC(C)CC(N[C@@H](c1ccc(Br)cc1)C(F)(F)F)C(=O)OC(C)C. The first-order valence-electron chi connectivity index (χ1n) is 7.79. The lowest BCUT2D eigenvalue weighted by atomic mass is 10.00. The van der Waals surface area contributed by atoms with Gasteiger partial charge in [0.1, 0.15) is 12.1 Å². The van der Waals surface area contributed by atoms with Gasteiger partial charge >= 0.3 is 12.1 Å². The van der Waals surface area contributed by atoms with E-state index in [0.29, 0.717) is 4.47 Å². The summed E-state index contributed by atoms with van der Waals surface area (Å²) in [6.45, 7) is 7.03. The molecular formula is C17H23BrF3NO2. The summed E-state index contributed by atoms with van der Waals surface area (Å²) in [4.78, 5) is 12.2. The molecule has 1 aromatic rings. The van der Waals surface area contributed by atoms with Crippen LogP contribution in [0.4, 0.5) is 13.2 Å². The summed E-state index contributed by atoms with van der Waals surface area (Å²) >= 11 is 3.20. The molecule has 0 amide bonds. The van der Waals surface area contributed by atoms with E-state index in [-0.39, 0.29) is 24.0 Å². The van der Waals surface area contributed by atoms with Crippen molar-refractivity contribution in [3.8, 4) is 0 Å². The molecule has 0 radical (unpaired) electrons. The first kappa shape index (κ1) is 21.0. The van der Waals surface area contributed by atoms with Crippen molar-refractivity contribution in [2.45, 2.75) is 58.5 Å². The Morgan fingerprint density at radius 2 is 1.71 bits per heavy atom. The second kappa shape index (κ2) is 8.85. The zero-order valence-corrected chi connectivity index (χ0v) is 15.7. The molecule has 0 aliphatic rings. The Labute approximate surface area is 149 Å². The Morgan fingerprint density at radius 3 is 2.12 bits per heavy atom. The standard InChI is InChI=1S/C17H23BrF3NO2/c1-10(2)9-14(16(23)24-11(3)4)22-15(17(19,20)21)12-5-7-13(18)8-6-12/h5-8,10-11,14-15,22H,9H2,1-4H3/t14?,15-/m0/s1. The maximum Gasteiger partial charge on any atom is 0.407 e. The van der Waals surface area contributed by atoms with Gasteiger partial charge < -0.3 is 4.74 Å². The van der Waals surface area contributed by atoms with Gasteiger partial charge in [-0.1, -0.05) is 41.9 Å². The van der Waals surface area contributed by atoms with Gasteiger partial charge in [-0.05, 0) is 43.9 Å². The molecule has 1 unspecified atom stereocenters. The zero-order valence-electron chi connectivity index (χ0n) is 14.2. The normalized spacial score (nSPS) is 14.8. The van der Waals surface area contributed by atoms with E-state index in [4.69, 9.17) is 4.74 Å². The van der Waals surface area contributed by atoms with Crippen LogP contribution in [0.15, 0.2) is 28.7 Å². The number of nitrogens with one attached hydrogen (secondary N) is 1. The Kier molecular flexibility index (Phi) is 7.73. The van der Waals surface area contributed by atoms with Crippen LogP contribution in [0.25, 0.3) is 0 Å². The van der Waals surface area contributed by atoms with Gasteiger partial charge in [-0.3, -0.25) is 10.1 Å². The average molecular weight is 410 g/mol. The maximum atomic E-state index is 13.5. The number of halogens is 4. The highest BCUT2D eigenvalue weighted by atomic mass is 79.9. The van der Waals surface area contributed by atoms with E-state index in [1.54, 1.807) is 26.0 Å². The van der Waals surface area contributed by atoms with Gasteiger partial charge in [-0.25, -0.2) is 0 Å². The third kappa shape index (κ3) is 6.81. The summed E-state index contributed by atoms with van der Waals surface area (Å²) in [5.41, 5.74) is 0.0526. The second-order valence-corrected chi connectivity index (χ2v) is 7.28. The summed E-state index contributed by atoms with van der Waals surface area (Å²) in [6, 6.07) is 2.89. The van der Waals surface area contributed by atoms with Crippen molar-refractivity contribution in [1.82, 2.24) is 5.32 Å². The molecule has 1 aromatic carbocycles. The van der Waals surface area contributed by atoms with Crippen LogP contribution in [0.1, 0.15) is 45.7 Å². The molecule has 24 heavy (non-hydrogen) atoms. The molecule has 0 aliphatic carbocycles. The summed E-state index contributed by atoms with van der Waals surface area (Å²) in [5, 5.41) is 2.45. The lowest BCUT2D eigenvalue weighted by Crippen LogP contribution is -2.46. The van der Waals surface area contributed by atoms with Crippen molar-refractivity contribution in [1.29, 1.82) is 0 Å². The minimum atomic E-state index is -4.53. The number of hydrogen-bond donors (Lipinski definition) is 1. The van der Waals surface area contributed by atoms with E-state index in [1.165, 1.54) is 12.1 Å². The van der Waals surface area contributed by atoms with Crippen LogP contribution in [0.2, 0.25) is 0 Å². The quantitative estimate of drug-likeness (QED) is 0.643. The van der Waals surface area contributed by atoms with Gasteiger partial charge in [-0.15, -0.1) is 0 Å². The number of esters is 1. The maximum absolute atomic E-state index is 13.5. The van der Waals surface area contributed by atoms with Crippen LogP contribution in [-0.2, 0) is 9.53 Å².